The first-order valence-electron chi connectivity index (χ1n) is 7.66. The van der Waals surface area contributed by atoms with Gasteiger partial charge in [0.1, 0.15) is 5.01 Å². The summed E-state index contributed by atoms with van der Waals surface area (Å²) in [5.74, 6) is -0.241. The first-order valence-corrected chi connectivity index (χ1v) is 8.48. The molecule has 0 bridgehead atoms. The van der Waals surface area contributed by atoms with Gasteiger partial charge in [0.2, 0.25) is 5.13 Å². The second kappa shape index (κ2) is 6.74. The van der Waals surface area contributed by atoms with Gasteiger partial charge in [-0.3, -0.25) is 20.1 Å². The fourth-order valence-electron chi connectivity index (χ4n) is 2.42. The topological polar surface area (TPSA) is 80.7 Å². The van der Waals surface area contributed by atoms with Gasteiger partial charge in [-0.25, -0.2) is 0 Å². The SMILES string of the molecule is O=C(Nc1nnc(Cc2ccccc2)s1)c1ccc2nccnc2c1. The number of nitrogens with zero attached hydrogens (tertiary/aromatic N) is 4. The van der Waals surface area contributed by atoms with Gasteiger partial charge in [-0.05, 0) is 23.8 Å². The molecule has 2 heterocycles. The summed E-state index contributed by atoms with van der Waals surface area (Å²) in [6.07, 6.45) is 3.92. The first kappa shape index (κ1) is 15.3. The van der Waals surface area contributed by atoms with E-state index in [1.807, 2.05) is 30.3 Å². The van der Waals surface area contributed by atoms with Crippen LogP contribution < -0.4 is 5.32 Å². The Morgan fingerprint density at radius 3 is 2.60 bits per heavy atom. The zero-order valence-electron chi connectivity index (χ0n) is 13.1. The molecule has 4 aromatic rings. The highest BCUT2D eigenvalue weighted by Gasteiger charge is 2.11. The van der Waals surface area contributed by atoms with Crippen LogP contribution in [0, 0.1) is 0 Å². The van der Waals surface area contributed by atoms with Crippen molar-refractivity contribution >= 4 is 33.4 Å². The summed E-state index contributed by atoms with van der Waals surface area (Å²) in [6, 6.07) is 15.2. The summed E-state index contributed by atoms with van der Waals surface area (Å²) in [5, 5.41) is 12.3. The van der Waals surface area contributed by atoms with E-state index in [0.717, 1.165) is 16.1 Å². The fourth-order valence-corrected chi connectivity index (χ4v) is 3.19. The molecule has 0 fully saturated rings. The van der Waals surface area contributed by atoms with E-state index >= 15 is 0 Å². The number of benzene rings is 2. The molecule has 1 N–H and O–H groups in total. The summed E-state index contributed by atoms with van der Waals surface area (Å²) in [5.41, 5.74) is 3.09. The summed E-state index contributed by atoms with van der Waals surface area (Å²) in [7, 11) is 0. The van der Waals surface area contributed by atoms with Crippen molar-refractivity contribution in [2.75, 3.05) is 5.32 Å². The Hall–Kier alpha value is -3.19. The smallest absolute Gasteiger partial charge is 0.257 e. The standard InChI is InChI=1S/C18H13N5OS/c24-17(13-6-7-14-15(11-13)20-9-8-19-14)21-18-23-22-16(25-18)10-12-4-2-1-3-5-12/h1-9,11H,10H2,(H,21,23,24). The van der Waals surface area contributed by atoms with Gasteiger partial charge in [0.15, 0.2) is 0 Å². The summed E-state index contributed by atoms with van der Waals surface area (Å²) in [6.45, 7) is 0. The molecule has 0 saturated carbocycles. The van der Waals surface area contributed by atoms with E-state index in [1.54, 1.807) is 30.6 Å². The van der Waals surface area contributed by atoms with Gasteiger partial charge in [-0.2, -0.15) is 0 Å². The Bertz CT molecular complexity index is 1030. The van der Waals surface area contributed by atoms with Crippen LogP contribution in [-0.2, 0) is 6.42 Å². The largest absolute Gasteiger partial charge is 0.296 e. The zero-order chi connectivity index (χ0) is 17.1. The average Bonchev–Trinajstić information content (AvgIpc) is 3.09. The lowest BCUT2D eigenvalue weighted by molar-refractivity contribution is 0.102. The zero-order valence-corrected chi connectivity index (χ0v) is 13.9. The number of rotatable bonds is 4. The lowest BCUT2D eigenvalue weighted by Gasteiger charge is -2.02. The minimum absolute atomic E-state index is 0.241. The molecule has 0 atom stereocenters. The van der Waals surface area contributed by atoms with Gasteiger partial charge < -0.3 is 0 Å². The van der Waals surface area contributed by atoms with Gasteiger partial charge in [-0.15, -0.1) is 10.2 Å². The monoisotopic (exact) mass is 347 g/mol. The van der Waals surface area contributed by atoms with E-state index in [4.69, 9.17) is 0 Å². The highest BCUT2D eigenvalue weighted by molar-refractivity contribution is 7.15. The maximum absolute atomic E-state index is 12.4. The van der Waals surface area contributed by atoms with Crippen LogP contribution in [0.1, 0.15) is 20.9 Å². The summed E-state index contributed by atoms with van der Waals surface area (Å²) < 4.78 is 0. The van der Waals surface area contributed by atoms with E-state index in [-0.39, 0.29) is 5.91 Å². The van der Waals surface area contributed by atoms with Crippen molar-refractivity contribution in [3.8, 4) is 0 Å². The Morgan fingerprint density at radius 1 is 0.960 bits per heavy atom. The lowest BCUT2D eigenvalue weighted by Crippen LogP contribution is -2.11. The molecule has 0 unspecified atom stereocenters. The van der Waals surface area contributed by atoms with Gasteiger partial charge >= 0.3 is 0 Å². The summed E-state index contributed by atoms with van der Waals surface area (Å²) >= 11 is 1.37. The summed E-state index contributed by atoms with van der Waals surface area (Å²) in [4.78, 5) is 20.8. The van der Waals surface area contributed by atoms with Crippen LogP contribution >= 0.6 is 11.3 Å². The number of carbonyl (C=O) groups is 1. The van der Waals surface area contributed by atoms with Crippen molar-refractivity contribution in [3.05, 3.63) is 77.1 Å². The van der Waals surface area contributed by atoms with Crippen molar-refractivity contribution < 1.29 is 4.79 Å². The van der Waals surface area contributed by atoms with E-state index in [2.05, 4.69) is 25.5 Å². The molecule has 0 aliphatic carbocycles. The van der Waals surface area contributed by atoms with E-state index in [1.165, 1.54) is 11.3 Å². The van der Waals surface area contributed by atoms with Gasteiger partial charge in [0.05, 0.1) is 11.0 Å². The number of fused-ring (bicyclic) bond motifs is 1. The van der Waals surface area contributed by atoms with Gasteiger partial charge in [0.25, 0.3) is 5.91 Å². The number of hydrogen-bond donors (Lipinski definition) is 1. The molecular formula is C18H13N5OS. The van der Waals surface area contributed by atoms with E-state index < -0.39 is 0 Å². The molecule has 0 aliphatic heterocycles. The second-order valence-corrected chi connectivity index (χ2v) is 6.44. The minimum Gasteiger partial charge on any atom is -0.296 e. The van der Waals surface area contributed by atoms with E-state index in [0.29, 0.717) is 22.6 Å². The maximum Gasteiger partial charge on any atom is 0.257 e. The van der Waals surface area contributed by atoms with Crippen molar-refractivity contribution in [1.82, 2.24) is 20.2 Å². The Kier molecular flexibility index (Phi) is 4.14. The number of nitrogens with one attached hydrogen (secondary N) is 1. The quantitative estimate of drug-likeness (QED) is 0.612. The first-order chi connectivity index (χ1) is 12.3. The van der Waals surface area contributed by atoms with Crippen LogP contribution in [0.15, 0.2) is 60.9 Å². The van der Waals surface area contributed by atoms with Crippen LogP contribution in [0.4, 0.5) is 5.13 Å². The normalized spacial score (nSPS) is 10.7. The molecule has 122 valence electrons. The van der Waals surface area contributed by atoms with Crippen LogP contribution in [0.2, 0.25) is 0 Å². The molecule has 25 heavy (non-hydrogen) atoms. The van der Waals surface area contributed by atoms with Crippen molar-refractivity contribution in [2.45, 2.75) is 6.42 Å². The number of carbonyl (C=O) groups excluding carboxylic acids is 1. The predicted molar refractivity (Wildman–Crippen MR) is 96.6 cm³/mol. The third-order valence-electron chi connectivity index (χ3n) is 3.62. The molecule has 0 aliphatic rings. The molecule has 0 radical (unpaired) electrons. The molecule has 0 saturated heterocycles. The van der Waals surface area contributed by atoms with Crippen LogP contribution in [-0.4, -0.2) is 26.1 Å². The highest BCUT2D eigenvalue weighted by atomic mass is 32.1. The van der Waals surface area contributed by atoms with Gasteiger partial charge in [0, 0.05) is 24.4 Å². The molecule has 6 nitrogen and oxygen atoms in total. The molecule has 0 spiro atoms. The third kappa shape index (κ3) is 3.51. The maximum atomic E-state index is 12.4. The van der Waals surface area contributed by atoms with Crippen molar-refractivity contribution in [3.63, 3.8) is 0 Å². The van der Waals surface area contributed by atoms with Crippen LogP contribution in [0.5, 0.6) is 0 Å². The Balaban J connectivity index is 1.48. The number of aromatic nitrogens is 4. The molecule has 4 rings (SSSR count). The number of anilines is 1. The predicted octanol–water partition coefficient (Wildman–Crippen LogP) is 3.32. The van der Waals surface area contributed by atoms with Gasteiger partial charge in [-0.1, -0.05) is 41.7 Å². The molecule has 1 amide bonds. The van der Waals surface area contributed by atoms with Crippen molar-refractivity contribution in [1.29, 1.82) is 0 Å². The van der Waals surface area contributed by atoms with Crippen LogP contribution in [0.3, 0.4) is 0 Å². The molecule has 2 aromatic carbocycles. The van der Waals surface area contributed by atoms with E-state index in [9.17, 15) is 4.79 Å². The number of amides is 1. The fraction of sp³-hybridized carbons (Fsp3) is 0.0556. The average molecular weight is 347 g/mol. The minimum atomic E-state index is -0.241. The Labute approximate surface area is 147 Å². The lowest BCUT2D eigenvalue weighted by atomic mass is 10.2. The molecule has 7 heteroatoms. The molecule has 2 aromatic heterocycles. The third-order valence-corrected chi connectivity index (χ3v) is 4.46. The van der Waals surface area contributed by atoms with Crippen molar-refractivity contribution in [2.24, 2.45) is 0 Å². The molecular weight excluding hydrogens is 334 g/mol. The Morgan fingerprint density at radius 2 is 1.76 bits per heavy atom. The second-order valence-electron chi connectivity index (χ2n) is 5.38. The highest BCUT2D eigenvalue weighted by Crippen LogP contribution is 2.20. The number of hydrogen-bond acceptors (Lipinski definition) is 6. The van der Waals surface area contributed by atoms with Crippen LogP contribution in [0.25, 0.3) is 11.0 Å².